The molecule has 106 valence electrons. The van der Waals surface area contributed by atoms with Gasteiger partial charge in [-0.2, -0.15) is 4.31 Å². The molecule has 0 bridgehead atoms. The molecule has 6 heteroatoms. The van der Waals surface area contributed by atoms with Gasteiger partial charge in [-0.05, 0) is 37.5 Å². The number of sulfonamides is 1. The van der Waals surface area contributed by atoms with Gasteiger partial charge >= 0.3 is 0 Å². The third-order valence-corrected chi connectivity index (χ3v) is 5.50. The summed E-state index contributed by atoms with van der Waals surface area (Å²) >= 11 is 0. The maximum Gasteiger partial charge on any atom is 0.246 e. The van der Waals surface area contributed by atoms with Crippen molar-refractivity contribution in [1.82, 2.24) is 4.31 Å². The summed E-state index contributed by atoms with van der Waals surface area (Å²) in [6.45, 7) is 2.41. The summed E-state index contributed by atoms with van der Waals surface area (Å²) in [6.07, 6.45) is 2.50. The Bertz CT molecular complexity index is 560. The van der Waals surface area contributed by atoms with Gasteiger partial charge in [0.25, 0.3) is 0 Å². The molecule has 19 heavy (non-hydrogen) atoms. The third-order valence-electron chi connectivity index (χ3n) is 3.52. The van der Waals surface area contributed by atoms with Crippen molar-refractivity contribution in [3.8, 4) is 0 Å². The lowest BCUT2D eigenvalue weighted by molar-refractivity contribution is 0.257. The number of nitrogens with two attached hydrogens (primary N) is 1. The number of hydrogen-bond acceptors (Lipinski definition) is 3. The number of aryl methyl sites for hydroxylation is 1. The number of halogens is 1. The molecular formula is C13H19FN2O2S. The Morgan fingerprint density at radius 3 is 2.79 bits per heavy atom. The molecule has 1 fully saturated rings. The SMILES string of the molecule is Cc1ccc(S(=O)(=O)N2CCCC[C@H]2CN)c(F)c1. The van der Waals surface area contributed by atoms with Gasteiger partial charge in [-0.1, -0.05) is 12.5 Å². The summed E-state index contributed by atoms with van der Waals surface area (Å²) < 4.78 is 40.3. The van der Waals surface area contributed by atoms with Crippen LogP contribution in [-0.4, -0.2) is 31.9 Å². The van der Waals surface area contributed by atoms with Crippen LogP contribution in [-0.2, 0) is 10.0 Å². The number of benzene rings is 1. The van der Waals surface area contributed by atoms with Crippen molar-refractivity contribution in [2.24, 2.45) is 5.73 Å². The van der Waals surface area contributed by atoms with Crippen LogP contribution >= 0.6 is 0 Å². The van der Waals surface area contributed by atoms with Crippen LogP contribution in [0.3, 0.4) is 0 Å². The van der Waals surface area contributed by atoms with Crippen LogP contribution in [0.5, 0.6) is 0 Å². The summed E-state index contributed by atoms with van der Waals surface area (Å²) in [7, 11) is -3.79. The maximum atomic E-state index is 13.9. The van der Waals surface area contributed by atoms with E-state index < -0.39 is 15.8 Å². The molecule has 0 radical (unpaired) electrons. The number of nitrogens with zero attached hydrogens (tertiary/aromatic N) is 1. The normalized spacial score (nSPS) is 21.5. The molecular weight excluding hydrogens is 267 g/mol. The molecule has 2 rings (SSSR count). The van der Waals surface area contributed by atoms with E-state index in [0.29, 0.717) is 12.1 Å². The first-order valence-electron chi connectivity index (χ1n) is 6.45. The minimum Gasteiger partial charge on any atom is -0.329 e. The molecule has 0 unspecified atom stereocenters. The average Bonchev–Trinajstić information content (AvgIpc) is 2.38. The molecule has 0 aliphatic carbocycles. The first kappa shape index (κ1) is 14.4. The van der Waals surface area contributed by atoms with Crippen LogP contribution in [0.25, 0.3) is 0 Å². The molecule has 4 nitrogen and oxygen atoms in total. The van der Waals surface area contributed by atoms with Gasteiger partial charge in [0, 0.05) is 19.1 Å². The second-order valence-electron chi connectivity index (χ2n) is 4.93. The van der Waals surface area contributed by atoms with Crippen molar-refractivity contribution in [2.75, 3.05) is 13.1 Å². The average molecular weight is 286 g/mol. The van der Waals surface area contributed by atoms with Gasteiger partial charge < -0.3 is 5.73 Å². The van der Waals surface area contributed by atoms with E-state index in [1.54, 1.807) is 13.0 Å². The van der Waals surface area contributed by atoms with Gasteiger partial charge in [-0.15, -0.1) is 0 Å². The third kappa shape index (κ3) is 2.80. The molecule has 1 aliphatic heterocycles. The zero-order valence-corrected chi connectivity index (χ0v) is 11.8. The van der Waals surface area contributed by atoms with E-state index in [2.05, 4.69) is 0 Å². The highest BCUT2D eigenvalue weighted by molar-refractivity contribution is 7.89. The first-order chi connectivity index (χ1) is 8.96. The fourth-order valence-corrected chi connectivity index (χ4v) is 4.22. The van der Waals surface area contributed by atoms with Crippen molar-refractivity contribution >= 4 is 10.0 Å². The van der Waals surface area contributed by atoms with E-state index in [9.17, 15) is 12.8 Å². The zero-order valence-electron chi connectivity index (χ0n) is 11.0. The lowest BCUT2D eigenvalue weighted by Gasteiger charge is -2.33. The zero-order chi connectivity index (χ0) is 14.0. The van der Waals surface area contributed by atoms with Crippen molar-refractivity contribution in [3.63, 3.8) is 0 Å². The number of rotatable bonds is 3. The van der Waals surface area contributed by atoms with Crippen LogP contribution in [0, 0.1) is 12.7 Å². The minimum atomic E-state index is -3.79. The minimum absolute atomic E-state index is 0.223. The van der Waals surface area contributed by atoms with Gasteiger partial charge in [0.1, 0.15) is 10.7 Å². The molecule has 0 saturated carbocycles. The van der Waals surface area contributed by atoms with Crippen LogP contribution in [0.15, 0.2) is 23.1 Å². The highest BCUT2D eigenvalue weighted by Gasteiger charge is 2.34. The monoisotopic (exact) mass is 286 g/mol. The van der Waals surface area contributed by atoms with Crippen LogP contribution < -0.4 is 5.73 Å². The van der Waals surface area contributed by atoms with E-state index in [4.69, 9.17) is 5.73 Å². The molecule has 2 N–H and O–H groups in total. The first-order valence-corrected chi connectivity index (χ1v) is 7.89. The molecule has 1 aromatic carbocycles. The Morgan fingerprint density at radius 1 is 1.42 bits per heavy atom. The fourth-order valence-electron chi connectivity index (χ4n) is 2.47. The Balaban J connectivity index is 2.40. The van der Waals surface area contributed by atoms with Crippen LogP contribution in [0.4, 0.5) is 4.39 Å². The van der Waals surface area contributed by atoms with E-state index in [0.717, 1.165) is 19.3 Å². The summed E-state index contributed by atoms with van der Waals surface area (Å²) in [5.74, 6) is -0.693. The van der Waals surface area contributed by atoms with Gasteiger partial charge in [-0.25, -0.2) is 12.8 Å². The summed E-state index contributed by atoms with van der Waals surface area (Å²) in [5.41, 5.74) is 6.33. The Hall–Kier alpha value is -0.980. The summed E-state index contributed by atoms with van der Waals surface area (Å²) in [6, 6.07) is 3.97. The van der Waals surface area contributed by atoms with Crippen molar-refractivity contribution in [3.05, 3.63) is 29.6 Å². The second kappa shape index (κ2) is 5.56. The molecule has 0 spiro atoms. The fraction of sp³-hybridized carbons (Fsp3) is 0.538. The summed E-state index contributed by atoms with van der Waals surface area (Å²) in [5, 5.41) is 0. The van der Waals surface area contributed by atoms with E-state index in [1.165, 1.54) is 16.4 Å². The standard InChI is InChI=1S/C13H19FN2O2S/c1-10-5-6-13(12(14)8-10)19(17,18)16-7-3-2-4-11(16)9-15/h5-6,8,11H,2-4,7,9,15H2,1H3/t11-/m0/s1. The quantitative estimate of drug-likeness (QED) is 0.918. The van der Waals surface area contributed by atoms with Crippen molar-refractivity contribution in [1.29, 1.82) is 0 Å². The van der Waals surface area contributed by atoms with Gasteiger partial charge in [0.05, 0.1) is 0 Å². The predicted octanol–water partition coefficient (Wildman–Crippen LogP) is 1.64. The van der Waals surface area contributed by atoms with E-state index in [1.807, 2.05) is 0 Å². The molecule has 1 saturated heterocycles. The summed E-state index contributed by atoms with van der Waals surface area (Å²) in [4.78, 5) is -0.251. The highest BCUT2D eigenvalue weighted by atomic mass is 32.2. The molecule has 1 atom stereocenters. The molecule has 0 aromatic heterocycles. The van der Waals surface area contributed by atoms with Crippen LogP contribution in [0.1, 0.15) is 24.8 Å². The highest BCUT2D eigenvalue weighted by Crippen LogP contribution is 2.26. The molecule has 1 heterocycles. The van der Waals surface area contributed by atoms with Crippen LogP contribution in [0.2, 0.25) is 0 Å². The number of piperidine rings is 1. The molecule has 1 aliphatic rings. The second-order valence-corrected chi connectivity index (χ2v) is 6.79. The molecule has 1 aromatic rings. The molecule has 0 amide bonds. The smallest absolute Gasteiger partial charge is 0.246 e. The van der Waals surface area contributed by atoms with Gasteiger partial charge in [0.15, 0.2) is 0 Å². The van der Waals surface area contributed by atoms with Gasteiger partial charge in [0.2, 0.25) is 10.0 Å². The lowest BCUT2D eigenvalue weighted by Crippen LogP contribution is -2.47. The predicted molar refractivity (Wildman–Crippen MR) is 71.7 cm³/mol. The van der Waals surface area contributed by atoms with E-state index >= 15 is 0 Å². The Morgan fingerprint density at radius 2 is 2.16 bits per heavy atom. The maximum absolute atomic E-state index is 13.9. The number of hydrogen-bond donors (Lipinski definition) is 1. The van der Waals surface area contributed by atoms with E-state index in [-0.39, 0.29) is 17.5 Å². The van der Waals surface area contributed by atoms with Crippen molar-refractivity contribution in [2.45, 2.75) is 37.1 Å². The van der Waals surface area contributed by atoms with Crippen molar-refractivity contribution < 1.29 is 12.8 Å². The Kier molecular flexibility index (Phi) is 4.23. The lowest BCUT2D eigenvalue weighted by atomic mass is 10.1. The van der Waals surface area contributed by atoms with Gasteiger partial charge in [-0.3, -0.25) is 0 Å². The Labute approximate surface area is 113 Å². The topological polar surface area (TPSA) is 63.4 Å². The largest absolute Gasteiger partial charge is 0.329 e.